The Balaban J connectivity index is 2.86. The summed E-state index contributed by atoms with van der Waals surface area (Å²) >= 11 is 0. The Kier molecular flexibility index (Phi) is 4.42. The molecule has 0 fully saturated rings. The van der Waals surface area contributed by atoms with E-state index in [0.29, 0.717) is 5.75 Å². The van der Waals surface area contributed by atoms with Gasteiger partial charge in [-0.15, -0.1) is 0 Å². The molecule has 15 heavy (non-hydrogen) atoms. The molecule has 0 saturated heterocycles. The van der Waals surface area contributed by atoms with Gasteiger partial charge in [-0.25, -0.2) is 0 Å². The van der Waals surface area contributed by atoms with E-state index in [1.807, 2.05) is 12.1 Å². The van der Waals surface area contributed by atoms with Crippen LogP contribution in [-0.4, -0.2) is 8.42 Å². The first-order valence-corrected chi connectivity index (χ1v) is 6.98. The van der Waals surface area contributed by atoms with Crippen molar-refractivity contribution in [2.75, 3.05) is 0 Å². The molecule has 0 aliphatic rings. The summed E-state index contributed by atoms with van der Waals surface area (Å²) in [6.45, 7) is 2.07. The molecule has 0 saturated carbocycles. The van der Waals surface area contributed by atoms with E-state index in [1.54, 1.807) is 12.1 Å². The van der Waals surface area contributed by atoms with Gasteiger partial charge in [0.05, 0.1) is 10.7 Å². The summed E-state index contributed by atoms with van der Waals surface area (Å²) in [6, 6.07) is 7.00. The van der Waals surface area contributed by atoms with Gasteiger partial charge < -0.3 is 4.18 Å². The Morgan fingerprint density at radius 2 is 2.00 bits per heavy atom. The van der Waals surface area contributed by atoms with Crippen molar-refractivity contribution in [1.82, 2.24) is 0 Å². The Morgan fingerprint density at radius 3 is 2.60 bits per heavy atom. The van der Waals surface area contributed by atoms with E-state index >= 15 is 0 Å². The second kappa shape index (κ2) is 5.37. The van der Waals surface area contributed by atoms with Crippen LogP contribution in [0.3, 0.4) is 0 Å². The number of benzene rings is 1. The van der Waals surface area contributed by atoms with Crippen LogP contribution in [-0.2, 0) is 15.8 Å². The molecule has 0 spiro atoms. The lowest BCUT2D eigenvalue weighted by Gasteiger charge is -2.07. The Morgan fingerprint density at radius 1 is 1.33 bits per heavy atom. The molecule has 0 atom stereocenters. The second-order valence-corrected chi connectivity index (χ2v) is 5.27. The molecule has 0 amide bonds. The Bertz CT molecular complexity index is 414. The van der Waals surface area contributed by atoms with Gasteiger partial charge in [0.1, 0.15) is 5.75 Å². The van der Waals surface area contributed by atoms with E-state index in [1.165, 1.54) is 0 Å². The maximum absolute atomic E-state index is 10.8. The zero-order valence-electron chi connectivity index (χ0n) is 8.44. The molecule has 0 aliphatic carbocycles. The van der Waals surface area contributed by atoms with Gasteiger partial charge in [-0.1, -0.05) is 31.5 Å². The van der Waals surface area contributed by atoms with E-state index in [9.17, 15) is 8.42 Å². The van der Waals surface area contributed by atoms with Gasteiger partial charge in [-0.3, -0.25) is 0 Å². The van der Waals surface area contributed by atoms with Crippen LogP contribution in [0.5, 0.6) is 5.75 Å². The van der Waals surface area contributed by atoms with E-state index in [-0.39, 0.29) is 0 Å². The van der Waals surface area contributed by atoms with Gasteiger partial charge in [0.2, 0.25) is 0 Å². The first-order chi connectivity index (χ1) is 7.03. The molecule has 0 N–H and O–H groups in total. The lowest BCUT2D eigenvalue weighted by Crippen LogP contribution is -2.02. The van der Waals surface area contributed by atoms with Gasteiger partial charge in [0.25, 0.3) is 0 Å². The van der Waals surface area contributed by atoms with Crippen molar-refractivity contribution in [3.05, 3.63) is 29.8 Å². The number of rotatable bonds is 5. The van der Waals surface area contributed by atoms with Crippen molar-refractivity contribution in [3.8, 4) is 5.75 Å². The summed E-state index contributed by atoms with van der Waals surface area (Å²) < 4.78 is 26.2. The first kappa shape index (κ1) is 12.3. The summed E-state index contributed by atoms with van der Waals surface area (Å²) in [5, 5.41) is 0. The third-order valence-electron chi connectivity index (χ3n) is 1.96. The van der Waals surface area contributed by atoms with Crippen LogP contribution >= 0.6 is 10.7 Å². The molecule has 1 aromatic carbocycles. The van der Waals surface area contributed by atoms with Crippen LogP contribution in [0, 0.1) is 0 Å². The topological polar surface area (TPSA) is 43.4 Å². The molecule has 5 heteroatoms. The Labute approximate surface area is 94.6 Å². The van der Waals surface area contributed by atoms with Gasteiger partial charge in [-0.05, 0) is 24.5 Å². The molecule has 0 heterocycles. The lowest BCUT2D eigenvalue weighted by atomic mass is 10.1. The quantitative estimate of drug-likeness (QED) is 0.753. The molecule has 0 radical (unpaired) electrons. The van der Waals surface area contributed by atoms with Gasteiger partial charge in [0.15, 0.2) is 0 Å². The highest BCUT2D eigenvalue weighted by Gasteiger charge is 2.10. The minimum atomic E-state index is -3.95. The van der Waals surface area contributed by atoms with E-state index in [4.69, 9.17) is 10.7 Å². The highest BCUT2D eigenvalue weighted by molar-refractivity contribution is 8.10. The van der Waals surface area contributed by atoms with Crippen LogP contribution in [0.2, 0.25) is 0 Å². The summed E-state index contributed by atoms with van der Waals surface area (Å²) in [6.07, 6.45) is 2.82. The van der Waals surface area contributed by atoms with Crippen LogP contribution in [0.25, 0.3) is 0 Å². The minimum Gasteiger partial charge on any atom is -0.371 e. The van der Waals surface area contributed by atoms with Crippen LogP contribution in [0.15, 0.2) is 24.3 Å². The van der Waals surface area contributed by atoms with E-state index < -0.39 is 9.33 Å². The summed E-state index contributed by atoms with van der Waals surface area (Å²) in [5.74, 6) is 0.320. The van der Waals surface area contributed by atoms with Crippen molar-refractivity contribution >= 4 is 20.0 Å². The molecule has 0 bridgehead atoms. The third-order valence-corrected chi connectivity index (χ3v) is 2.53. The number of hydrogen-bond donors (Lipinski definition) is 0. The zero-order valence-corrected chi connectivity index (χ0v) is 10.0. The average molecular weight is 249 g/mol. The lowest BCUT2D eigenvalue weighted by molar-refractivity contribution is 0.499. The predicted molar refractivity (Wildman–Crippen MR) is 60.5 cm³/mol. The maximum Gasteiger partial charge on any atom is 0.401 e. The van der Waals surface area contributed by atoms with Gasteiger partial charge in [0, 0.05) is 0 Å². The van der Waals surface area contributed by atoms with Crippen LogP contribution < -0.4 is 4.18 Å². The number of halogens is 1. The van der Waals surface area contributed by atoms with Crippen molar-refractivity contribution in [1.29, 1.82) is 0 Å². The van der Waals surface area contributed by atoms with Gasteiger partial charge >= 0.3 is 9.33 Å². The number of aryl methyl sites for hydroxylation is 1. The van der Waals surface area contributed by atoms with Crippen molar-refractivity contribution in [3.63, 3.8) is 0 Å². The average Bonchev–Trinajstić information content (AvgIpc) is 2.14. The van der Waals surface area contributed by atoms with Gasteiger partial charge in [-0.2, -0.15) is 8.42 Å². The zero-order chi connectivity index (χ0) is 11.3. The molecule has 0 unspecified atom stereocenters. The smallest absolute Gasteiger partial charge is 0.371 e. The normalized spacial score (nSPS) is 11.3. The second-order valence-electron chi connectivity index (χ2n) is 3.19. The molecule has 0 aliphatic heterocycles. The molecule has 1 aromatic rings. The molecule has 3 nitrogen and oxygen atoms in total. The predicted octanol–water partition coefficient (Wildman–Crippen LogP) is 2.89. The van der Waals surface area contributed by atoms with E-state index in [0.717, 1.165) is 24.8 Å². The SMILES string of the molecule is CCCCc1ccccc1OS(=O)(=O)Cl. The molecule has 84 valence electrons. The molecule has 0 aromatic heterocycles. The largest absolute Gasteiger partial charge is 0.401 e. The Hall–Kier alpha value is -0.740. The third kappa shape index (κ3) is 4.53. The van der Waals surface area contributed by atoms with Crippen molar-refractivity contribution in [2.24, 2.45) is 0 Å². The summed E-state index contributed by atoms with van der Waals surface area (Å²) in [5.41, 5.74) is 0.864. The number of hydrogen-bond acceptors (Lipinski definition) is 3. The number of para-hydroxylation sites is 1. The highest BCUT2D eigenvalue weighted by Crippen LogP contribution is 2.22. The van der Waals surface area contributed by atoms with Crippen LogP contribution in [0.4, 0.5) is 0 Å². The van der Waals surface area contributed by atoms with Crippen molar-refractivity contribution < 1.29 is 12.6 Å². The van der Waals surface area contributed by atoms with Crippen molar-refractivity contribution in [2.45, 2.75) is 26.2 Å². The highest BCUT2D eigenvalue weighted by atomic mass is 35.7. The molecular weight excluding hydrogens is 236 g/mol. The molecular formula is C10H13ClO3S. The number of unbranched alkanes of at least 4 members (excludes halogenated alkanes) is 1. The first-order valence-electron chi connectivity index (χ1n) is 4.75. The fraction of sp³-hybridized carbons (Fsp3) is 0.400. The minimum absolute atomic E-state index is 0.320. The summed E-state index contributed by atoms with van der Waals surface area (Å²) in [7, 11) is 1.07. The monoisotopic (exact) mass is 248 g/mol. The molecule has 1 rings (SSSR count). The fourth-order valence-corrected chi connectivity index (χ4v) is 1.85. The van der Waals surface area contributed by atoms with E-state index in [2.05, 4.69) is 11.1 Å². The van der Waals surface area contributed by atoms with Crippen LogP contribution in [0.1, 0.15) is 25.3 Å². The summed E-state index contributed by atoms with van der Waals surface area (Å²) in [4.78, 5) is 0. The standard InChI is InChI=1S/C10H13ClO3S/c1-2-3-6-9-7-4-5-8-10(9)14-15(11,12)13/h4-5,7-8H,2-3,6H2,1H3. The fourth-order valence-electron chi connectivity index (χ4n) is 1.27. The maximum atomic E-state index is 10.8.